The molecule has 0 aliphatic rings. The summed E-state index contributed by atoms with van der Waals surface area (Å²) >= 11 is 1.76. The van der Waals surface area contributed by atoms with Crippen LogP contribution in [0, 0.1) is 0 Å². The molecule has 0 amide bonds. The van der Waals surface area contributed by atoms with Crippen molar-refractivity contribution in [3.8, 4) is 0 Å². The second kappa shape index (κ2) is 6.11. The quantitative estimate of drug-likeness (QED) is 0.711. The Hall–Kier alpha value is -0.410. The van der Waals surface area contributed by atoms with Gasteiger partial charge in [0.15, 0.2) is 0 Å². The van der Waals surface area contributed by atoms with Crippen LogP contribution in [0.2, 0.25) is 0 Å². The van der Waals surface area contributed by atoms with E-state index in [2.05, 4.69) is 24.1 Å². The monoisotopic (exact) mass is 198 g/mol. The maximum atomic E-state index is 4.31. The van der Waals surface area contributed by atoms with E-state index in [1.54, 1.807) is 11.3 Å². The molecular weight excluding hydrogens is 180 g/mol. The van der Waals surface area contributed by atoms with Crippen LogP contribution in [-0.4, -0.2) is 11.5 Å². The summed E-state index contributed by atoms with van der Waals surface area (Å²) in [6.07, 6.45) is 3.57. The molecule has 13 heavy (non-hydrogen) atoms. The first-order valence-electron chi connectivity index (χ1n) is 5.00. The molecule has 0 bridgehead atoms. The van der Waals surface area contributed by atoms with Crippen molar-refractivity contribution in [2.75, 3.05) is 6.54 Å². The molecule has 1 heterocycles. The second-order valence-corrected chi connectivity index (χ2v) is 4.05. The van der Waals surface area contributed by atoms with Gasteiger partial charge in [-0.2, -0.15) is 0 Å². The fourth-order valence-corrected chi connectivity index (χ4v) is 2.06. The third kappa shape index (κ3) is 3.44. The van der Waals surface area contributed by atoms with Gasteiger partial charge in [-0.15, -0.1) is 11.3 Å². The molecule has 0 atom stereocenters. The van der Waals surface area contributed by atoms with Gasteiger partial charge in [-0.3, -0.25) is 0 Å². The Morgan fingerprint density at radius 2 is 2.31 bits per heavy atom. The van der Waals surface area contributed by atoms with Crippen LogP contribution in [0.4, 0.5) is 0 Å². The van der Waals surface area contributed by atoms with Crippen molar-refractivity contribution >= 4 is 11.3 Å². The number of nitrogens with one attached hydrogen (secondary N) is 1. The average Bonchev–Trinajstić information content (AvgIpc) is 2.60. The predicted molar refractivity (Wildman–Crippen MR) is 58.1 cm³/mol. The number of aryl methyl sites for hydroxylation is 1. The number of aromatic nitrogens is 1. The SMILES string of the molecule is CCCCNCc1scnc1CC. The summed E-state index contributed by atoms with van der Waals surface area (Å²) in [7, 11) is 0. The fraction of sp³-hybridized carbons (Fsp3) is 0.700. The van der Waals surface area contributed by atoms with Gasteiger partial charge in [0.1, 0.15) is 0 Å². The van der Waals surface area contributed by atoms with E-state index in [9.17, 15) is 0 Å². The van der Waals surface area contributed by atoms with Crippen molar-refractivity contribution < 1.29 is 0 Å². The van der Waals surface area contributed by atoms with Gasteiger partial charge >= 0.3 is 0 Å². The van der Waals surface area contributed by atoms with Crippen LogP contribution in [0.15, 0.2) is 5.51 Å². The summed E-state index contributed by atoms with van der Waals surface area (Å²) in [5, 5.41) is 3.43. The molecule has 0 aliphatic carbocycles. The molecule has 1 N–H and O–H groups in total. The highest BCUT2D eigenvalue weighted by molar-refractivity contribution is 7.09. The van der Waals surface area contributed by atoms with Crippen molar-refractivity contribution in [2.24, 2.45) is 0 Å². The molecule has 1 aromatic rings. The maximum Gasteiger partial charge on any atom is 0.0798 e. The smallest absolute Gasteiger partial charge is 0.0798 e. The van der Waals surface area contributed by atoms with Gasteiger partial charge in [0.2, 0.25) is 0 Å². The second-order valence-electron chi connectivity index (χ2n) is 3.11. The van der Waals surface area contributed by atoms with Gasteiger partial charge in [0.05, 0.1) is 11.2 Å². The average molecular weight is 198 g/mol. The summed E-state index contributed by atoms with van der Waals surface area (Å²) in [5.74, 6) is 0. The third-order valence-corrected chi connectivity index (χ3v) is 2.93. The molecular formula is C10H18N2S. The molecule has 0 saturated carbocycles. The van der Waals surface area contributed by atoms with Crippen LogP contribution < -0.4 is 5.32 Å². The van der Waals surface area contributed by atoms with Crippen LogP contribution >= 0.6 is 11.3 Å². The first-order chi connectivity index (χ1) is 6.38. The van der Waals surface area contributed by atoms with E-state index >= 15 is 0 Å². The molecule has 3 heteroatoms. The zero-order valence-electron chi connectivity index (χ0n) is 8.47. The molecule has 0 radical (unpaired) electrons. The summed E-state index contributed by atoms with van der Waals surface area (Å²) in [6.45, 7) is 6.49. The lowest BCUT2D eigenvalue weighted by Crippen LogP contribution is -2.14. The van der Waals surface area contributed by atoms with Gasteiger partial charge in [0.25, 0.3) is 0 Å². The van der Waals surface area contributed by atoms with E-state index in [1.807, 2.05) is 5.51 Å². The highest BCUT2D eigenvalue weighted by Gasteiger charge is 2.02. The molecule has 0 saturated heterocycles. The molecule has 2 nitrogen and oxygen atoms in total. The fourth-order valence-electron chi connectivity index (χ4n) is 1.23. The van der Waals surface area contributed by atoms with Gasteiger partial charge in [-0.05, 0) is 19.4 Å². The molecule has 0 aromatic carbocycles. The van der Waals surface area contributed by atoms with Gasteiger partial charge in [0, 0.05) is 11.4 Å². The van der Waals surface area contributed by atoms with Gasteiger partial charge < -0.3 is 5.32 Å². The standard InChI is InChI=1S/C10H18N2S/c1-3-5-6-11-7-10-9(4-2)12-8-13-10/h8,11H,3-7H2,1-2H3. The van der Waals surface area contributed by atoms with E-state index in [4.69, 9.17) is 0 Å². The normalized spacial score (nSPS) is 10.6. The summed E-state index contributed by atoms with van der Waals surface area (Å²) in [4.78, 5) is 5.71. The van der Waals surface area contributed by atoms with E-state index in [-0.39, 0.29) is 0 Å². The Balaban J connectivity index is 2.27. The number of thiazole rings is 1. The van der Waals surface area contributed by atoms with Crippen LogP contribution in [0.1, 0.15) is 37.3 Å². The Bertz CT molecular complexity index is 233. The van der Waals surface area contributed by atoms with Crippen molar-refractivity contribution in [1.82, 2.24) is 10.3 Å². The lowest BCUT2D eigenvalue weighted by molar-refractivity contribution is 0.642. The van der Waals surface area contributed by atoms with E-state index in [1.165, 1.54) is 23.4 Å². The highest BCUT2D eigenvalue weighted by atomic mass is 32.1. The predicted octanol–water partition coefficient (Wildman–Crippen LogP) is 2.60. The first kappa shape index (κ1) is 10.7. The largest absolute Gasteiger partial charge is 0.312 e. The number of hydrogen-bond donors (Lipinski definition) is 1. The molecule has 1 aromatic heterocycles. The number of nitrogens with zero attached hydrogens (tertiary/aromatic N) is 1. The molecule has 0 aliphatic heterocycles. The number of hydrogen-bond acceptors (Lipinski definition) is 3. The van der Waals surface area contributed by atoms with Crippen LogP contribution in [-0.2, 0) is 13.0 Å². The van der Waals surface area contributed by atoms with Crippen LogP contribution in [0.5, 0.6) is 0 Å². The van der Waals surface area contributed by atoms with Crippen LogP contribution in [0.25, 0.3) is 0 Å². The maximum absolute atomic E-state index is 4.31. The topological polar surface area (TPSA) is 24.9 Å². The summed E-state index contributed by atoms with van der Waals surface area (Å²) in [6, 6.07) is 0. The van der Waals surface area contributed by atoms with Crippen molar-refractivity contribution in [1.29, 1.82) is 0 Å². The minimum absolute atomic E-state index is 0.994. The van der Waals surface area contributed by atoms with Gasteiger partial charge in [-0.1, -0.05) is 20.3 Å². The van der Waals surface area contributed by atoms with Gasteiger partial charge in [-0.25, -0.2) is 4.98 Å². The number of rotatable bonds is 6. The first-order valence-corrected chi connectivity index (χ1v) is 5.88. The number of unbranched alkanes of at least 4 members (excludes halogenated alkanes) is 1. The Morgan fingerprint density at radius 3 is 3.00 bits per heavy atom. The Kier molecular flexibility index (Phi) is 5.01. The zero-order chi connectivity index (χ0) is 9.52. The Labute approximate surface area is 84.4 Å². The molecule has 0 unspecified atom stereocenters. The lowest BCUT2D eigenvalue weighted by Gasteiger charge is -2.02. The van der Waals surface area contributed by atoms with Crippen molar-refractivity contribution in [3.05, 3.63) is 16.1 Å². The highest BCUT2D eigenvalue weighted by Crippen LogP contribution is 2.13. The summed E-state index contributed by atoms with van der Waals surface area (Å²) < 4.78 is 0. The minimum Gasteiger partial charge on any atom is -0.312 e. The van der Waals surface area contributed by atoms with E-state index < -0.39 is 0 Å². The lowest BCUT2D eigenvalue weighted by atomic mass is 10.3. The van der Waals surface area contributed by atoms with E-state index in [0.29, 0.717) is 0 Å². The van der Waals surface area contributed by atoms with Crippen molar-refractivity contribution in [3.63, 3.8) is 0 Å². The van der Waals surface area contributed by atoms with Crippen molar-refractivity contribution in [2.45, 2.75) is 39.7 Å². The summed E-state index contributed by atoms with van der Waals surface area (Å²) in [5.41, 5.74) is 3.20. The molecule has 0 fully saturated rings. The molecule has 0 spiro atoms. The Morgan fingerprint density at radius 1 is 1.46 bits per heavy atom. The van der Waals surface area contributed by atoms with Crippen LogP contribution in [0.3, 0.4) is 0 Å². The minimum atomic E-state index is 0.994. The zero-order valence-corrected chi connectivity index (χ0v) is 9.28. The third-order valence-electron chi connectivity index (χ3n) is 2.05. The molecule has 74 valence electrons. The molecule has 1 rings (SSSR count). The van der Waals surface area contributed by atoms with E-state index in [0.717, 1.165) is 19.5 Å².